The highest BCUT2D eigenvalue weighted by molar-refractivity contribution is 7.99. The summed E-state index contributed by atoms with van der Waals surface area (Å²) in [6, 6.07) is 6.67. The van der Waals surface area contributed by atoms with Crippen LogP contribution in [0.4, 0.5) is 4.39 Å². The van der Waals surface area contributed by atoms with E-state index < -0.39 is 0 Å². The predicted molar refractivity (Wildman–Crippen MR) is 92.2 cm³/mol. The molecule has 2 rings (SSSR count). The van der Waals surface area contributed by atoms with Crippen molar-refractivity contribution < 1.29 is 9.18 Å². The van der Waals surface area contributed by atoms with Crippen LogP contribution < -0.4 is 10.6 Å². The molecule has 1 fully saturated rings. The maximum atomic E-state index is 13.4. The van der Waals surface area contributed by atoms with Crippen molar-refractivity contribution in [1.82, 2.24) is 10.6 Å². The van der Waals surface area contributed by atoms with Gasteiger partial charge in [-0.15, -0.1) is 24.2 Å². The summed E-state index contributed by atoms with van der Waals surface area (Å²) in [5, 5.41) is 6.34. The molecule has 1 aliphatic rings. The Morgan fingerprint density at radius 2 is 2.23 bits per heavy atom. The number of piperidine rings is 1. The Morgan fingerprint density at radius 3 is 2.95 bits per heavy atom. The second-order valence-corrected chi connectivity index (χ2v) is 6.52. The first-order chi connectivity index (χ1) is 10.3. The van der Waals surface area contributed by atoms with Crippen molar-refractivity contribution in [3.05, 3.63) is 30.1 Å². The molecule has 1 saturated heterocycles. The molecule has 6 heteroatoms. The molecule has 0 bridgehead atoms. The molecular weight excluding hydrogens is 323 g/mol. The molecule has 1 aromatic carbocycles. The van der Waals surface area contributed by atoms with E-state index in [0.717, 1.165) is 26.1 Å². The smallest absolute Gasteiger partial charge is 0.220 e. The van der Waals surface area contributed by atoms with Crippen LogP contribution in [0.15, 0.2) is 29.2 Å². The largest absolute Gasteiger partial charge is 0.356 e. The Balaban J connectivity index is 0.00000242. The lowest BCUT2D eigenvalue weighted by molar-refractivity contribution is -0.120. The van der Waals surface area contributed by atoms with Crippen LogP contribution in [-0.2, 0) is 4.79 Å². The summed E-state index contributed by atoms with van der Waals surface area (Å²) in [4.78, 5) is 12.3. The molecule has 1 aliphatic heterocycles. The highest BCUT2D eigenvalue weighted by atomic mass is 35.5. The van der Waals surface area contributed by atoms with Crippen molar-refractivity contribution in [3.63, 3.8) is 0 Å². The van der Waals surface area contributed by atoms with Crippen LogP contribution >= 0.6 is 24.2 Å². The van der Waals surface area contributed by atoms with E-state index in [-0.39, 0.29) is 24.1 Å². The Hall–Kier alpha value is -0.780. The monoisotopic (exact) mass is 346 g/mol. The minimum atomic E-state index is -0.215. The van der Waals surface area contributed by atoms with Gasteiger partial charge in [0.1, 0.15) is 5.82 Å². The van der Waals surface area contributed by atoms with Gasteiger partial charge in [0.2, 0.25) is 5.91 Å². The van der Waals surface area contributed by atoms with Crippen LogP contribution in [0.2, 0.25) is 0 Å². The second kappa shape index (κ2) is 10.9. The lowest BCUT2D eigenvalue weighted by Gasteiger charge is -2.22. The molecule has 1 amide bonds. The third-order valence-corrected chi connectivity index (χ3v) is 4.75. The summed E-state index contributed by atoms with van der Waals surface area (Å²) in [6.45, 7) is 2.94. The van der Waals surface area contributed by atoms with Gasteiger partial charge in [0.05, 0.1) is 0 Å². The molecule has 0 aliphatic carbocycles. The number of carbonyl (C=O) groups excluding carboxylic acids is 1. The number of hydrogen-bond acceptors (Lipinski definition) is 3. The first-order valence-electron chi connectivity index (χ1n) is 7.60. The summed E-state index contributed by atoms with van der Waals surface area (Å²) in [7, 11) is 0. The van der Waals surface area contributed by atoms with Crippen molar-refractivity contribution in [3.8, 4) is 0 Å². The van der Waals surface area contributed by atoms with Gasteiger partial charge in [-0.1, -0.05) is 12.1 Å². The lowest BCUT2D eigenvalue weighted by Crippen LogP contribution is -2.33. The number of benzene rings is 1. The number of rotatable bonds is 7. The van der Waals surface area contributed by atoms with E-state index in [1.54, 1.807) is 12.1 Å². The van der Waals surface area contributed by atoms with Crippen LogP contribution in [0.1, 0.15) is 25.7 Å². The minimum Gasteiger partial charge on any atom is -0.356 e. The Bertz CT molecular complexity index is 456. The number of halogens is 2. The van der Waals surface area contributed by atoms with Crippen LogP contribution in [0.5, 0.6) is 0 Å². The van der Waals surface area contributed by atoms with E-state index in [9.17, 15) is 9.18 Å². The number of amides is 1. The molecule has 1 aromatic rings. The van der Waals surface area contributed by atoms with E-state index in [1.807, 2.05) is 6.07 Å². The predicted octanol–water partition coefficient (Wildman–Crippen LogP) is 3.24. The maximum absolute atomic E-state index is 13.4. The third kappa shape index (κ3) is 6.99. The fraction of sp³-hybridized carbons (Fsp3) is 0.562. The summed E-state index contributed by atoms with van der Waals surface area (Å²) < 4.78 is 13.4. The Kier molecular flexibility index (Phi) is 9.52. The average molecular weight is 347 g/mol. The normalized spacial score (nSPS) is 17.6. The minimum absolute atomic E-state index is 0. The number of carbonyl (C=O) groups is 1. The van der Waals surface area contributed by atoms with Crippen LogP contribution in [-0.4, -0.2) is 31.3 Å². The van der Waals surface area contributed by atoms with Crippen LogP contribution in [0, 0.1) is 11.7 Å². The molecule has 0 radical (unpaired) electrons. The van der Waals surface area contributed by atoms with Gasteiger partial charge in [-0.05, 0) is 50.4 Å². The molecule has 0 aromatic heterocycles. The van der Waals surface area contributed by atoms with Crippen molar-refractivity contribution in [1.29, 1.82) is 0 Å². The number of nitrogens with one attached hydrogen (secondary N) is 2. The molecule has 22 heavy (non-hydrogen) atoms. The third-order valence-electron chi connectivity index (χ3n) is 3.70. The van der Waals surface area contributed by atoms with E-state index in [1.165, 1.54) is 30.7 Å². The van der Waals surface area contributed by atoms with Gasteiger partial charge in [0, 0.05) is 23.6 Å². The maximum Gasteiger partial charge on any atom is 0.220 e. The molecule has 0 spiro atoms. The molecule has 1 atom stereocenters. The fourth-order valence-corrected chi connectivity index (χ4v) is 3.38. The molecule has 0 saturated carbocycles. The summed E-state index contributed by atoms with van der Waals surface area (Å²) in [5.41, 5.74) is 0. The van der Waals surface area contributed by atoms with Crippen molar-refractivity contribution >= 4 is 30.1 Å². The lowest BCUT2D eigenvalue weighted by atomic mass is 9.96. The summed E-state index contributed by atoms with van der Waals surface area (Å²) in [6.07, 6.45) is 3.96. The quantitative estimate of drug-likeness (QED) is 0.745. The van der Waals surface area contributed by atoms with Crippen LogP contribution in [0.3, 0.4) is 0 Å². The summed E-state index contributed by atoms with van der Waals surface area (Å²) in [5.74, 6) is 1.14. The second-order valence-electron chi connectivity index (χ2n) is 5.38. The van der Waals surface area contributed by atoms with Crippen molar-refractivity contribution in [2.45, 2.75) is 30.6 Å². The number of thioether (sulfide) groups is 1. The van der Waals surface area contributed by atoms with Gasteiger partial charge in [-0.2, -0.15) is 0 Å². The van der Waals surface area contributed by atoms with Gasteiger partial charge in [-0.3, -0.25) is 4.79 Å². The average Bonchev–Trinajstić information content (AvgIpc) is 2.50. The van der Waals surface area contributed by atoms with Gasteiger partial charge < -0.3 is 10.6 Å². The zero-order valence-corrected chi connectivity index (χ0v) is 14.3. The highest BCUT2D eigenvalue weighted by Crippen LogP contribution is 2.21. The van der Waals surface area contributed by atoms with Gasteiger partial charge in [-0.25, -0.2) is 4.39 Å². The zero-order chi connectivity index (χ0) is 14.9. The standard InChI is InChI=1S/C16H23FN2OS.ClH/c17-14-5-1-2-6-15(14)21-11-8-16(20)19-10-7-13-4-3-9-18-12-13;/h1-2,5-6,13,18H,3-4,7-12H2,(H,19,20);1H. The number of hydrogen-bond donors (Lipinski definition) is 2. The molecule has 2 N–H and O–H groups in total. The topological polar surface area (TPSA) is 41.1 Å². The molecular formula is C16H24ClFN2OS. The van der Waals surface area contributed by atoms with Gasteiger partial charge in [0.15, 0.2) is 0 Å². The molecule has 124 valence electrons. The van der Waals surface area contributed by atoms with Crippen molar-refractivity contribution in [2.24, 2.45) is 5.92 Å². The molecule has 3 nitrogen and oxygen atoms in total. The zero-order valence-electron chi connectivity index (χ0n) is 12.6. The van der Waals surface area contributed by atoms with E-state index in [0.29, 0.717) is 23.0 Å². The van der Waals surface area contributed by atoms with Gasteiger partial charge >= 0.3 is 0 Å². The fourth-order valence-electron chi connectivity index (χ4n) is 2.49. The SMILES string of the molecule is Cl.O=C(CCSc1ccccc1F)NCCC1CCCNC1. The molecule has 1 heterocycles. The van der Waals surface area contributed by atoms with Gasteiger partial charge in [0.25, 0.3) is 0 Å². The van der Waals surface area contributed by atoms with E-state index in [4.69, 9.17) is 0 Å². The van der Waals surface area contributed by atoms with E-state index >= 15 is 0 Å². The Labute approximate surface area is 142 Å². The first-order valence-corrected chi connectivity index (χ1v) is 8.59. The van der Waals surface area contributed by atoms with Crippen LogP contribution in [0.25, 0.3) is 0 Å². The molecule has 1 unspecified atom stereocenters. The summed E-state index contributed by atoms with van der Waals surface area (Å²) >= 11 is 1.39. The highest BCUT2D eigenvalue weighted by Gasteiger charge is 2.12. The Morgan fingerprint density at radius 1 is 1.41 bits per heavy atom. The first kappa shape index (κ1) is 19.3. The van der Waals surface area contributed by atoms with Crippen molar-refractivity contribution in [2.75, 3.05) is 25.4 Å². The van der Waals surface area contributed by atoms with E-state index in [2.05, 4.69) is 10.6 Å².